The third-order valence-corrected chi connectivity index (χ3v) is 4.35. The molecule has 1 saturated carbocycles. The van der Waals surface area contributed by atoms with Crippen molar-refractivity contribution in [3.05, 3.63) is 35.6 Å². The van der Waals surface area contributed by atoms with E-state index in [1.165, 1.54) is 18.4 Å². The van der Waals surface area contributed by atoms with E-state index in [-0.39, 0.29) is 5.82 Å². The number of carbonyl (C=O) groups is 1. The zero-order valence-electron chi connectivity index (χ0n) is 11.4. The molecular weight excluding hydrogens is 241 g/mol. The molecule has 0 aliphatic heterocycles. The molecule has 104 valence electrons. The van der Waals surface area contributed by atoms with Gasteiger partial charge >= 0.3 is 0 Å². The highest BCUT2D eigenvalue weighted by Crippen LogP contribution is 2.42. The molecule has 1 N–H and O–H groups in total. The lowest BCUT2D eigenvalue weighted by atomic mass is 9.82. The molecule has 1 fully saturated rings. The Balaban J connectivity index is 2.10. The minimum Gasteiger partial charge on any atom is -0.317 e. The average molecular weight is 263 g/mol. The van der Waals surface area contributed by atoms with Crippen molar-refractivity contribution in [2.45, 2.75) is 44.1 Å². The quantitative estimate of drug-likeness (QED) is 0.798. The van der Waals surface area contributed by atoms with Crippen molar-refractivity contribution in [1.82, 2.24) is 5.32 Å². The second-order valence-electron chi connectivity index (χ2n) is 5.39. The molecule has 1 aliphatic carbocycles. The van der Waals surface area contributed by atoms with Crippen LogP contribution in [0.1, 0.15) is 43.6 Å². The van der Waals surface area contributed by atoms with Crippen LogP contribution < -0.4 is 5.32 Å². The highest BCUT2D eigenvalue weighted by atomic mass is 19.1. The van der Waals surface area contributed by atoms with Gasteiger partial charge in [-0.1, -0.05) is 18.6 Å². The Labute approximate surface area is 114 Å². The van der Waals surface area contributed by atoms with Crippen LogP contribution in [-0.4, -0.2) is 19.4 Å². The normalized spacial score (nSPS) is 24.3. The van der Waals surface area contributed by atoms with Crippen LogP contribution >= 0.6 is 0 Å². The van der Waals surface area contributed by atoms with Gasteiger partial charge in [0, 0.05) is 12.5 Å². The molecule has 2 rings (SSSR count). The maximum Gasteiger partial charge on any atom is 0.123 e. The van der Waals surface area contributed by atoms with Gasteiger partial charge in [-0.25, -0.2) is 4.39 Å². The van der Waals surface area contributed by atoms with E-state index in [1.807, 2.05) is 19.2 Å². The minimum absolute atomic E-state index is 0.176. The predicted octanol–water partition coefficient (Wildman–Crippen LogP) is 3.28. The number of nitrogens with one attached hydrogen (secondary N) is 1. The molecule has 0 radical (unpaired) electrons. The maximum atomic E-state index is 13.0. The molecule has 1 aliphatic rings. The highest BCUT2D eigenvalue weighted by molar-refractivity contribution is 5.49. The third kappa shape index (κ3) is 3.41. The van der Waals surface area contributed by atoms with Gasteiger partial charge in [-0.3, -0.25) is 0 Å². The average Bonchev–Trinajstić information content (AvgIpc) is 2.90. The summed E-state index contributed by atoms with van der Waals surface area (Å²) < 4.78 is 13.0. The first-order valence-corrected chi connectivity index (χ1v) is 7.12. The van der Waals surface area contributed by atoms with Gasteiger partial charge in [0.25, 0.3) is 0 Å². The fourth-order valence-corrected chi connectivity index (χ4v) is 3.41. The van der Waals surface area contributed by atoms with E-state index in [0.717, 1.165) is 19.1 Å². The zero-order chi connectivity index (χ0) is 13.7. The summed E-state index contributed by atoms with van der Waals surface area (Å²) in [7, 11) is 1.97. The first kappa shape index (κ1) is 14.2. The monoisotopic (exact) mass is 263 g/mol. The molecule has 2 nitrogen and oxygen atoms in total. The van der Waals surface area contributed by atoms with E-state index in [9.17, 15) is 9.18 Å². The highest BCUT2D eigenvalue weighted by Gasteiger charge is 2.33. The van der Waals surface area contributed by atoms with Crippen LogP contribution in [0, 0.1) is 11.7 Å². The first-order valence-electron chi connectivity index (χ1n) is 7.12. The molecule has 0 saturated heterocycles. The molecule has 0 aromatic heterocycles. The van der Waals surface area contributed by atoms with E-state index in [2.05, 4.69) is 5.32 Å². The fourth-order valence-electron chi connectivity index (χ4n) is 3.41. The molecule has 1 aromatic carbocycles. The van der Waals surface area contributed by atoms with E-state index >= 15 is 0 Å². The SMILES string of the molecule is CN[C@H](CCC=O)C1CCCC1c1ccc(F)cc1. The van der Waals surface area contributed by atoms with Gasteiger partial charge in [-0.05, 0) is 55.8 Å². The van der Waals surface area contributed by atoms with Gasteiger partial charge in [-0.2, -0.15) is 0 Å². The Bertz CT molecular complexity index is 404. The summed E-state index contributed by atoms with van der Waals surface area (Å²) in [4.78, 5) is 10.6. The van der Waals surface area contributed by atoms with Crippen molar-refractivity contribution in [3.8, 4) is 0 Å². The molecular formula is C16H22FNO. The second kappa shape index (κ2) is 6.80. The van der Waals surface area contributed by atoms with E-state index in [4.69, 9.17) is 0 Å². The van der Waals surface area contributed by atoms with E-state index in [0.29, 0.717) is 24.3 Å². The lowest BCUT2D eigenvalue weighted by Crippen LogP contribution is -2.35. The van der Waals surface area contributed by atoms with Crippen LogP contribution in [0.2, 0.25) is 0 Å². The van der Waals surface area contributed by atoms with Crippen molar-refractivity contribution in [2.75, 3.05) is 7.05 Å². The summed E-state index contributed by atoms with van der Waals surface area (Å²) in [5.74, 6) is 0.865. The van der Waals surface area contributed by atoms with Gasteiger partial charge in [0.1, 0.15) is 12.1 Å². The van der Waals surface area contributed by atoms with Gasteiger partial charge in [0.2, 0.25) is 0 Å². The summed E-state index contributed by atoms with van der Waals surface area (Å²) in [6, 6.07) is 7.28. The van der Waals surface area contributed by atoms with Crippen LogP contribution in [0.25, 0.3) is 0 Å². The summed E-state index contributed by atoms with van der Waals surface area (Å²) in [5, 5.41) is 3.36. The van der Waals surface area contributed by atoms with Crippen molar-refractivity contribution in [3.63, 3.8) is 0 Å². The van der Waals surface area contributed by atoms with Gasteiger partial charge in [-0.15, -0.1) is 0 Å². The van der Waals surface area contributed by atoms with E-state index in [1.54, 1.807) is 12.1 Å². The van der Waals surface area contributed by atoms with Crippen LogP contribution in [0.4, 0.5) is 4.39 Å². The van der Waals surface area contributed by atoms with Crippen molar-refractivity contribution in [2.24, 2.45) is 5.92 Å². The number of benzene rings is 1. The van der Waals surface area contributed by atoms with Crippen molar-refractivity contribution in [1.29, 1.82) is 0 Å². The van der Waals surface area contributed by atoms with Crippen molar-refractivity contribution >= 4 is 6.29 Å². The van der Waals surface area contributed by atoms with Crippen LogP contribution in [0.3, 0.4) is 0 Å². The number of halogens is 1. The topological polar surface area (TPSA) is 29.1 Å². The van der Waals surface area contributed by atoms with Crippen LogP contribution in [-0.2, 0) is 4.79 Å². The summed E-state index contributed by atoms with van der Waals surface area (Å²) >= 11 is 0. The second-order valence-corrected chi connectivity index (χ2v) is 5.39. The Morgan fingerprint density at radius 3 is 2.74 bits per heavy atom. The Kier molecular flexibility index (Phi) is 5.08. The molecule has 19 heavy (non-hydrogen) atoms. The summed E-state index contributed by atoms with van der Waals surface area (Å²) in [6.07, 6.45) is 6.06. The number of rotatable bonds is 6. The summed E-state index contributed by atoms with van der Waals surface area (Å²) in [6.45, 7) is 0. The predicted molar refractivity (Wildman–Crippen MR) is 74.6 cm³/mol. The molecule has 0 bridgehead atoms. The number of carbonyl (C=O) groups excluding carboxylic acids is 1. The minimum atomic E-state index is -0.176. The molecule has 1 aromatic rings. The molecule has 2 unspecified atom stereocenters. The molecule has 3 atom stereocenters. The van der Waals surface area contributed by atoms with Gasteiger partial charge < -0.3 is 10.1 Å². The van der Waals surface area contributed by atoms with Crippen LogP contribution in [0.5, 0.6) is 0 Å². The van der Waals surface area contributed by atoms with Gasteiger partial charge in [0.05, 0.1) is 0 Å². The number of aldehydes is 1. The smallest absolute Gasteiger partial charge is 0.123 e. The van der Waals surface area contributed by atoms with Crippen LogP contribution in [0.15, 0.2) is 24.3 Å². The lowest BCUT2D eigenvalue weighted by Gasteiger charge is -2.28. The molecule has 3 heteroatoms. The van der Waals surface area contributed by atoms with Crippen molar-refractivity contribution < 1.29 is 9.18 Å². The fraction of sp³-hybridized carbons (Fsp3) is 0.562. The molecule has 0 amide bonds. The largest absolute Gasteiger partial charge is 0.317 e. The van der Waals surface area contributed by atoms with E-state index < -0.39 is 0 Å². The first-order chi connectivity index (χ1) is 9.26. The zero-order valence-corrected chi connectivity index (χ0v) is 11.4. The Hall–Kier alpha value is -1.22. The Morgan fingerprint density at radius 2 is 2.11 bits per heavy atom. The number of hydrogen-bond acceptors (Lipinski definition) is 2. The maximum absolute atomic E-state index is 13.0. The van der Waals surface area contributed by atoms with Gasteiger partial charge in [0.15, 0.2) is 0 Å². The lowest BCUT2D eigenvalue weighted by molar-refractivity contribution is -0.108. The Morgan fingerprint density at radius 1 is 1.37 bits per heavy atom. The summed E-state index contributed by atoms with van der Waals surface area (Å²) in [5.41, 5.74) is 1.23. The molecule has 0 heterocycles. The number of hydrogen-bond donors (Lipinski definition) is 1. The molecule has 0 spiro atoms. The third-order valence-electron chi connectivity index (χ3n) is 4.35. The standard InChI is InChI=1S/C16H22FNO/c1-18-16(6-3-11-19)15-5-2-4-14(15)12-7-9-13(17)10-8-12/h7-11,14-16,18H,2-6H2,1H3/t14?,15?,16-/m1/s1.